The van der Waals surface area contributed by atoms with Crippen molar-refractivity contribution >= 4 is 34.7 Å². The van der Waals surface area contributed by atoms with Gasteiger partial charge >= 0.3 is 0 Å². The summed E-state index contributed by atoms with van der Waals surface area (Å²) in [5, 5.41) is 14.2. The van der Waals surface area contributed by atoms with Crippen LogP contribution in [0.4, 0.5) is 5.69 Å². The molecule has 31 heavy (non-hydrogen) atoms. The fraction of sp³-hybridized carbons (Fsp3) is 0.174. The molecule has 2 aromatic carbocycles. The van der Waals surface area contributed by atoms with Crippen LogP contribution in [0.5, 0.6) is 5.75 Å². The highest BCUT2D eigenvalue weighted by atomic mass is 32.2. The Morgan fingerprint density at radius 1 is 1.10 bits per heavy atom. The summed E-state index contributed by atoms with van der Waals surface area (Å²) in [5.74, 6) is 1.49. The zero-order valence-corrected chi connectivity index (χ0v) is 18.8. The highest BCUT2D eigenvalue weighted by molar-refractivity contribution is 8.00. The Labute approximate surface area is 189 Å². The molecule has 6 nitrogen and oxygen atoms in total. The van der Waals surface area contributed by atoms with Gasteiger partial charge in [0.1, 0.15) is 11.6 Å². The molecule has 1 N–H and O–H groups in total. The van der Waals surface area contributed by atoms with Gasteiger partial charge < -0.3 is 10.1 Å². The Kier molecular flexibility index (Phi) is 6.69. The summed E-state index contributed by atoms with van der Waals surface area (Å²) in [6.07, 6.45) is 0.687. The molecule has 0 saturated heterocycles. The van der Waals surface area contributed by atoms with Gasteiger partial charge in [-0.3, -0.25) is 9.36 Å². The van der Waals surface area contributed by atoms with Gasteiger partial charge in [-0.2, -0.15) is 0 Å². The Bertz CT molecular complexity index is 1130. The number of rotatable bonds is 8. The maximum Gasteiger partial charge on any atom is 0.237 e. The van der Waals surface area contributed by atoms with E-state index in [0.717, 1.165) is 22.9 Å². The number of thioether (sulfide) groups is 1. The standard InChI is InChI=1S/C23H22N4O2S2/c1-16(22(28)24-17-10-12-19(29-2)13-11-17)31-23-26-25-21(15-20-9-6-14-30-20)27(23)18-7-4-3-5-8-18/h3-14,16H,15H2,1-2H3,(H,24,28). The quantitative estimate of drug-likeness (QED) is 0.381. The Balaban J connectivity index is 1.54. The van der Waals surface area contributed by atoms with E-state index in [4.69, 9.17) is 4.74 Å². The molecule has 1 unspecified atom stereocenters. The zero-order valence-electron chi connectivity index (χ0n) is 17.2. The molecule has 1 amide bonds. The molecular weight excluding hydrogens is 428 g/mol. The van der Waals surface area contributed by atoms with Crippen molar-refractivity contribution in [3.63, 3.8) is 0 Å². The molecule has 2 heterocycles. The van der Waals surface area contributed by atoms with E-state index in [1.807, 2.05) is 72.2 Å². The topological polar surface area (TPSA) is 69.0 Å². The fourth-order valence-corrected chi connectivity index (χ4v) is 4.61. The average Bonchev–Trinajstić information content (AvgIpc) is 3.45. The molecule has 8 heteroatoms. The number of methoxy groups -OCH3 is 1. The van der Waals surface area contributed by atoms with Gasteiger partial charge in [0.05, 0.1) is 12.4 Å². The summed E-state index contributed by atoms with van der Waals surface area (Å²) in [6.45, 7) is 1.87. The molecule has 158 valence electrons. The number of hydrogen-bond donors (Lipinski definition) is 1. The van der Waals surface area contributed by atoms with Crippen molar-refractivity contribution in [3.8, 4) is 11.4 Å². The number of aromatic nitrogens is 3. The summed E-state index contributed by atoms with van der Waals surface area (Å²) < 4.78 is 7.19. The van der Waals surface area contributed by atoms with Crippen LogP contribution in [0, 0.1) is 0 Å². The van der Waals surface area contributed by atoms with Gasteiger partial charge in [0.25, 0.3) is 0 Å². The maximum atomic E-state index is 12.8. The smallest absolute Gasteiger partial charge is 0.237 e. The average molecular weight is 451 g/mol. The third-order valence-corrected chi connectivity index (χ3v) is 6.56. The lowest BCUT2D eigenvalue weighted by molar-refractivity contribution is -0.115. The first-order valence-electron chi connectivity index (χ1n) is 9.77. The van der Waals surface area contributed by atoms with Gasteiger partial charge in [0.15, 0.2) is 5.16 Å². The first-order valence-corrected chi connectivity index (χ1v) is 11.5. The second-order valence-electron chi connectivity index (χ2n) is 6.80. The highest BCUT2D eigenvalue weighted by Crippen LogP contribution is 2.28. The van der Waals surface area contributed by atoms with E-state index in [-0.39, 0.29) is 11.2 Å². The predicted molar refractivity (Wildman–Crippen MR) is 125 cm³/mol. The first-order chi connectivity index (χ1) is 15.1. The lowest BCUT2D eigenvalue weighted by atomic mass is 10.3. The van der Waals surface area contributed by atoms with Crippen LogP contribution >= 0.6 is 23.1 Å². The maximum absolute atomic E-state index is 12.8. The van der Waals surface area contributed by atoms with Gasteiger partial charge in [-0.25, -0.2) is 0 Å². The lowest BCUT2D eigenvalue weighted by Crippen LogP contribution is -2.22. The number of para-hydroxylation sites is 1. The third-order valence-electron chi connectivity index (χ3n) is 4.64. The van der Waals surface area contributed by atoms with E-state index < -0.39 is 0 Å². The van der Waals surface area contributed by atoms with Crippen LogP contribution in [0.15, 0.2) is 77.3 Å². The van der Waals surface area contributed by atoms with E-state index in [0.29, 0.717) is 11.6 Å². The van der Waals surface area contributed by atoms with Crippen LogP contribution in [-0.2, 0) is 11.2 Å². The molecule has 0 aliphatic heterocycles. The van der Waals surface area contributed by atoms with E-state index in [9.17, 15) is 4.79 Å². The van der Waals surface area contributed by atoms with Gasteiger partial charge in [-0.1, -0.05) is 36.0 Å². The van der Waals surface area contributed by atoms with Crippen molar-refractivity contribution in [2.24, 2.45) is 0 Å². The summed E-state index contributed by atoms with van der Waals surface area (Å²) >= 11 is 3.08. The predicted octanol–water partition coefficient (Wildman–Crippen LogP) is 5.05. The normalized spacial score (nSPS) is 11.8. The molecule has 0 bridgehead atoms. The van der Waals surface area contributed by atoms with Crippen LogP contribution in [0.2, 0.25) is 0 Å². The molecular formula is C23H22N4O2S2. The van der Waals surface area contributed by atoms with Crippen molar-refractivity contribution in [2.75, 3.05) is 12.4 Å². The Morgan fingerprint density at radius 3 is 2.55 bits per heavy atom. The molecule has 2 aromatic heterocycles. The molecule has 0 radical (unpaired) electrons. The molecule has 4 rings (SSSR count). The monoisotopic (exact) mass is 450 g/mol. The molecule has 0 aliphatic carbocycles. The summed E-state index contributed by atoms with van der Waals surface area (Å²) in [4.78, 5) is 14.0. The number of hydrogen-bond acceptors (Lipinski definition) is 6. The second-order valence-corrected chi connectivity index (χ2v) is 9.14. The van der Waals surface area contributed by atoms with Crippen LogP contribution in [0.3, 0.4) is 0 Å². The zero-order chi connectivity index (χ0) is 21.6. The lowest BCUT2D eigenvalue weighted by Gasteiger charge is -2.14. The first kappa shape index (κ1) is 21.1. The summed E-state index contributed by atoms with van der Waals surface area (Å²) in [5.41, 5.74) is 1.70. The number of benzene rings is 2. The number of thiophene rings is 1. The van der Waals surface area contributed by atoms with Crippen molar-refractivity contribution in [1.82, 2.24) is 14.8 Å². The van der Waals surface area contributed by atoms with Gasteiger partial charge in [-0.05, 0) is 54.8 Å². The van der Waals surface area contributed by atoms with Gasteiger partial charge in [0.2, 0.25) is 5.91 Å². The van der Waals surface area contributed by atoms with Crippen LogP contribution < -0.4 is 10.1 Å². The summed E-state index contributed by atoms with van der Waals surface area (Å²) in [6, 6.07) is 21.4. The SMILES string of the molecule is COc1ccc(NC(=O)C(C)Sc2nnc(Cc3cccs3)n2-c2ccccc2)cc1. The minimum absolute atomic E-state index is 0.0995. The third kappa shape index (κ3) is 5.15. The Hall–Kier alpha value is -3.10. The number of nitrogens with one attached hydrogen (secondary N) is 1. The molecule has 1 atom stereocenters. The van der Waals surface area contributed by atoms with Crippen molar-refractivity contribution < 1.29 is 9.53 Å². The van der Waals surface area contributed by atoms with Crippen molar-refractivity contribution in [2.45, 2.75) is 23.8 Å². The second kappa shape index (κ2) is 9.80. The van der Waals surface area contributed by atoms with Crippen LogP contribution in [0.25, 0.3) is 5.69 Å². The number of ether oxygens (including phenoxy) is 1. The summed E-state index contributed by atoms with van der Waals surface area (Å²) in [7, 11) is 1.61. The number of carbonyl (C=O) groups excluding carboxylic acids is 1. The minimum atomic E-state index is -0.358. The van der Waals surface area contributed by atoms with E-state index in [1.165, 1.54) is 16.6 Å². The van der Waals surface area contributed by atoms with E-state index in [1.54, 1.807) is 18.4 Å². The van der Waals surface area contributed by atoms with Gasteiger partial charge in [0, 0.05) is 22.7 Å². The highest BCUT2D eigenvalue weighted by Gasteiger charge is 2.21. The van der Waals surface area contributed by atoms with Crippen LogP contribution in [-0.4, -0.2) is 33.0 Å². The minimum Gasteiger partial charge on any atom is -0.497 e. The number of carbonyl (C=O) groups is 1. The number of nitrogens with zero attached hydrogens (tertiary/aromatic N) is 3. The molecule has 0 saturated carbocycles. The number of amides is 1. The van der Waals surface area contributed by atoms with E-state index in [2.05, 4.69) is 27.0 Å². The molecule has 0 fully saturated rings. The van der Waals surface area contributed by atoms with Crippen molar-refractivity contribution in [1.29, 1.82) is 0 Å². The molecule has 0 aliphatic rings. The largest absolute Gasteiger partial charge is 0.497 e. The van der Waals surface area contributed by atoms with Crippen LogP contribution in [0.1, 0.15) is 17.6 Å². The Morgan fingerprint density at radius 2 is 1.87 bits per heavy atom. The fourth-order valence-electron chi connectivity index (χ4n) is 3.03. The molecule has 0 spiro atoms. The van der Waals surface area contributed by atoms with E-state index >= 15 is 0 Å². The molecule has 4 aromatic rings. The number of anilines is 1. The van der Waals surface area contributed by atoms with Crippen molar-refractivity contribution in [3.05, 3.63) is 82.8 Å². The van der Waals surface area contributed by atoms with Gasteiger partial charge in [-0.15, -0.1) is 21.5 Å².